The number of aromatic carboxylic acids is 1. The third-order valence-electron chi connectivity index (χ3n) is 2.01. The first-order valence-electron chi connectivity index (χ1n) is 4.00. The molecule has 5 nitrogen and oxygen atoms in total. The van der Waals surface area contributed by atoms with Crippen molar-refractivity contribution in [2.45, 2.75) is 0 Å². The van der Waals surface area contributed by atoms with Gasteiger partial charge in [-0.2, -0.15) is 0 Å². The highest BCUT2D eigenvalue weighted by Gasteiger charge is 2.15. The molecule has 2 N–H and O–H groups in total. The molecule has 0 fully saturated rings. The Balaban J connectivity index is 2.66. The second-order valence-corrected chi connectivity index (χ2v) is 3.83. The van der Waals surface area contributed by atoms with Crippen LogP contribution in [0.15, 0.2) is 6.07 Å². The molecule has 2 heterocycles. The molecule has 0 saturated heterocycles. The molecule has 0 aliphatic carbocycles. The summed E-state index contributed by atoms with van der Waals surface area (Å²) < 4.78 is 1.64. The van der Waals surface area contributed by atoms with Gasteiger partial charge in [-0.3, -0.25) is 0 Å². The zero-order chi connectivity index (χ0) is 10.3. The number of nitrogens with one attached hydrogen (secondary N) is 1. The second kappa shape index (κ2) is 2.98. The van der Waals surface area contributed by atoms with Crippen LogP contribution in [-0.4, -0.2) is 27.7 Å². The SMILES string of the molecule is CNc1nc2cc(C(=O)O)n(C)c2s1. The quantitative estimate of drug-likeness (QED) is 0.787. The molecule has 2 aromatic heterocycles. The van der Waals surface area contributed by atoms with Crippen LogP contribution in [0.2, 0.25) is 0 Å². The zero-order valence-electron chi connectivity index (χ0n) is 7.74. The highest BCUT2D eigenvalue weighted by molar-refractivity contribution is 7.21. The van der Waals surface area contributed by atoms with E-state index >= 15 is 0 Å². The number of rotatable bonds is 2. The highest BCUT2D eigenvalue weighted by Crippen LogP contribution is 2.27. The van der Waals surface area contributed by atoms with Crippen molar-refractivity contribution in [1.29, 1.82) is 0 Å². The molecule has 74 valence electrons. The van der Waals surface area contributed by atoms with Gasteiger partial charge in [-0.1, -0.05) is 11.3 Å². The Kier molecular flexibility index (Phi) is 1.92. The lowest BCUT2D eigenvalue weighted by molar-refractivity contribution is 0.0687. The van der Waals surface area contributed by atoms with Crippen molar-refractivity contribution in [1.82, 2.24) is 9.55 Å². The van der Waals surface area contributed by atoms with Crippen molar-refractivity contribution in [3.63, 3.8) is 0 Å². The van der Waals surface area contributed by atoms with Crippen LogP contribution in [0.3, 0.4) is 0 Å². The van der Waals surface area contributed by atoms with E-state index in [0.717, 1.165) is 15.5 Å². The predicted octanol–water partition coefficient (Wildman–Crippen LogP) is 1.37. The second-order valence-electron chi connectivity index (χ2n) is 2.85. The highest BCUT2D eigenvalue weighted by atomic mass is 32.1. The van der Waals surface area contributed by atoms with Gasteiger partial charge in [-0.25, -0.2) is 9.78 Å². The molecule has 0 spiro atoms. The van der Waals surface area contributed by atoms with E-state index in [9.17, 15) is 4.79 Å². The number of nitrogens with zero attached hydrogens (tertiary/aromatic N) is 2. The fraction of sp³-hybridized carbons (Fsp3) is 0.250. The van der Waals surface area contributed by atoms with Crippen molar-refractivity contribution in [2.24, 2.45) is 7.05 Å². The van der Waals surface area contributed by atoms with E-state index in [4.69, 9.17) is 5.11 Å². The van der Waals surface area contributed by atoms with E-state index in [2.05, 4.69) is 10.3 Å². The maximum Gasteiger partial charge on any atom is 0.352 e. The van der Waals surface area contributed by atoms with Crippen LogP contribution in [0, 0.1) is 0 Å². The maximum absolute atomic E-state index is 10.8. The summed E-state index contributed by atoms with van der Waals surface area (Å²) in [6.07, 6.45) is 0. The monoisotopic (exact) mass is 211 g/mol. The summed E-state index contributed by atoms with van der Waals surface area (Å²) in [6, 6.07) is 1.58. The first-order chi connectivity index (χ1) is 6.63. The smallest absolute Gasteiger partial charge is 0.352 e. The number of anilines is 1. The van der Waals surface area contributed by atoms with Crippen LogP contribution in [-0.2, 0) is 7.05 Å². The largest absolute Gasteiger partial charge is 0.477 e. The van der Waals surface area contributed by atoms with Gasteiger partial charge in [0.25, 0.3) is 0 Å². The van der Waals surface area contributed by atoms with E-state index in [-0.39, 0.29) is 5.69 Å². The van der Waals surface area contributed by atoms with Crippen LogP contribution in [0.25, 0.3) is 10.3 Å². The number of hydrogen-bond acceptors (Lipinski definition) is 4. The Labute approximate surface area is 84.0 Å². The topological polar surface area (TPSA) is 67.2 Å². The van der Waals surface area contributed by atoms with Crippen LogP contribution < -0.4 is 5.32 Å². The standard InChI is InChI=1S/C8H9N3O2S/c1-9-8-10-4-3-5(7(12)13)11(2)6(4)14-8/h3H,1-2H3,(H,9,10)(H,12,13). The minimum absolute atomic E-state index is 0.265. The van der Waals surface area contributed by atoms with Gasteiger partial charge in [-0.05, 0) is 6.07 Å². The van der Waals surface area contributed by atoms with Gasteiger partial charge in [0.15, 0.2) is 5.13 Å². The normalized spacial score (nSPS) is 10.7. The molecule has 0 radical (unpaired) electrons. The van der Waals surface area contributed by atoms with E-state index in [1.807, 2.05) is 0 Å². The Bertz CT molecular complexity index is 500. The van der Waals surface area contributed by atoms with Crippen LogP contribution in [0.4, 0.5) is 5.13 Å². The van der Waals surface area contributed by atoms with Gasteiger partial charge < -0.3 is 15.0 Å². The number of aryl methyl sites for hydroxylation is 1. The summed E-state index contributed by atoms with van der Waals surface area (Å²) >= 11 is 1.44. The van der Waals surface area contributed by atoms with Crippen LogP contribution in [0.5, 0.6) is 0 Å². The van der Waals surface area contributed by atoms with Gasteiger partial charge in [0.2, 0.25) is 0 Å². The summed E-state index contributed by atoms with van der Waals surface area (Å²) in [7, 11) is 3.51. The first-order valence-corrected chi connectivity index (χ1v) is 4.82. The molecule has 0 atom stereocenters. The molecule has 0 aliphatic heterocycles. The van der Waals surface area contributed by atoms with E-state index in [1.54, 1.807) is 24.7 Å². The summed E-state index contributed by atoms with van der Waals surface area (Å²) in [4.78, 5) is 15.9. The molecule has 0 saturated carbocycles. The van der Waals surface area contributed by atoms with Crippen molar-refractivity contribution in [3.05, 3.63) is 11.8 Å². The predicted molar refractivity (Wildman–Crippen MR) is 55.1 cm³/mol. The number of aromatic nitrogens is 2. The van der Waals surface area contributed by atoms with Crippen molar-refractivity contribution in [2.75, 3.05) is 12.4 Å². The van der Waals surface area contributed by atoms with Gasteiger partial charge in [0.1, 0.15) is 16.0 Å². The van der Waals surface area contributed by atoms with Crippen LogP contribution in [0.1, 0.15) is 10.5 Å². The maximum atomic E-state index is 10.8. The molecule has 0 aliphatic rings. The molecule has 0 bridgehead atoms. The van der Waals surface area contributed by atoms with Gasteiger partial charge in [0.05, 0.1) is 0 Å². The minimum Gasteiger partial charge on any atom is -0.477 e. The average Bonchev–Trinajstić information content (AvgIpc) is 2.65. The van der Waals surface area contributed by atoms with Crippen LogP contribution >= 0.6 is 11.3 Å². The van der Waals surface area contributed by atoms with E-state index in [1.165, 1.54) is 11.3 Å². The van der Waals surface area contributed by atoms with Crippen molar-refractivity contribution < 1.29 is 9.90 Å². The molecule has 0 unspecified atom stereocenters. The summed E-state index contributed by atoms with van der Waals surface area (Å²) in [5.41, 5.74) is 0.987. The summed E-state index contributed by atoms with van der Waals surface area (Å²) in [5, 5.41) is 12.6. The number of carboxylic acid groups (broad SMARTS) is 1. The van der Waals surface area contributed by atoms with Crippen molar-refractivity contribution in [3.8, 4) is 0 Å². The number of fused-ring (bicyclic) bond motifs is 1. The fourth-order valence-electron chi connectivity index (χ4n) is 1.31. The van der Waals surface area contributed by atoms with Gasteiger partial charge >= 0.3 is 5.97 Å². The number of carboxylic acids is 1. The Morgan fingerprint density at radius 2 is 2.43 bits per heavy atom. The molecular formula is C8H9N3O2S. The molecule has 0 amide bonds. The molecule has 2 rings (SSSR count). The Morgan fingerprint density at radius 1 is 1.71 bits per heavy atom. The molecular weight excluding hydrogens is 202 g/mol. The molecule has 14 heavy (non-hydrogen) atoms. The Hall–Kier alpha value is -1.56. The molecule has 6 heteroatoms. The lowest BCUT2D eigenvalue weighted by Gasteiger charge is -1.96. The van der Waals surface area contributed by atoms with Crippen molar-refractivity contribution >= 4 is 32.8 Å². The fourth-order valence-corrected chi connectivity index (χ4v) is 2.18. The third-order valence-corrected chi connectivity index (χ3v) is 3.17. The third kappa shape index (κ3) is 1.15. The lowest BCUT2D eigenvalue weighted by Crippen LogP contribution is -2.03. The lowest BCUT2D eigenvalue weighted by atomic mass is 10.4. The Morgan fingerprint density at radius 3 is 2.93 bits per heavy atom. The van der Waals surface area contributed by atoms with Gasteiger partial charge in [0, 0.05) is 14.1 Å². The molecule has 0 aromatic carbocycles. The average molecular weight is 211 g/mol. The van der Waals surface area contributed by atoms with E-state index < -0.39 is 5.97 Å². The van der Waals surface area contributed by atoms with E-state index in [0.29, 0.717) is 0 Å². The number of carbonyl (C=O) groups is 1. The molecule has 2 aromatic rings. The minimum atomic E-state index is -0.927. The first kappa shape index (κ1) is 9.01. The zero-order valence-corrected chi connectivity index (χ0v) is 8.55. The summed E-state index contributed by atoms with van der Waals surface area (Å²) in [5.74, 6) is -0.927. The van der Waals surface area contributed by atoms with Gasteiger partial charge in [-0.15, -0.1) is 0 Å². The summed E-state index contributed by atoms with van der Waals surface area (Å²) in [6.45, 7) is 0. The number of thiazole rings is 1. The number of hydrogen-bond donors (Lipinski definition) is 2.